The monoisotopic (exact) mass is 356 g/mol. The number of halogens is 1. The van der Waals surface area contributed by atoms with Crippen LogP contribution < -0.4 is 5.32 Å². The molecule has 3 rings (SSSR count). The zero-order valence-electron chi connectivity index (χ0n) is 12.9. The average molecular weight is 356 g/mol. The normalized spacial score (nSPS) is 16.8. The molecule has 0 unspecified atom stereocenters. The zero-order chi connectivity index (χ0) is 17.8. The number of carbonyl (C=O) groups excluding carboxylic acids is 2. The SMILES string of the molecule is O=C1NC(=S)N(Cc2ccc(F)cc2)C(=O)C1=CC=Cc1ccco1. The third-order valence-electron chi connectivity index (χ3n) is 3.51. The van der Waals surface area contributed by atoms with Crippen LogP contribution in [0.2, 0.25) is 0 Å². The van der Waals surface area contributed by atoms with Gasteiger partial charge in [-0.3, -0.25) is 19.8 Å². The Morgan fingerprint density at radius 1 is 1.20 bits per heavy atom. The molecule has 2 aromatic rings. The van der Waals surface area contributed by atoms with Crippen molar-refractivity contribution in [3.63, 3.8) is 0 Å². The van der Waals surface area contributed by atoms with E-state index in [2.05, 4.69) is 5.32 Å². The number of nitrogens with one attached hydrogen (secondary N) is 1. The van der Waals surface area contributed by atoms with Crippen molar-refractivity contribution in [1.82, 2.24) is 10.2 Å². The summed E-state index contributed by atoms with van der Waals surface area (Å²) in [5.74, 6) is -0.843. The third-order valence-corrected chi connectivity index (χ3v) is 3.83. The molecule has 0 radical (unpaired) electrons. The molecule has 0 atom stereocenters. The van der Waals surface area contributed by atoms with Crippen molar-refractivity contribution < 1.29 is 18.4 Å². The van der Waals surface area contributed by atoms with E-state index in [0.29, 0.717) is 11.3 Å². The molecule has 1 aromatic carbocycles. The van der Waals surface area contributed by atoms with Crippen LogP contribution in [-0.2, 0) is 16.1 Å². The topological polar surface area (TPSA) is 62.6 Å². The number of benzene rings is 1. The number of carbonyl (C=O) groups is 2. The Balaban J connectivity index is 1.80. The summed E-state index contributed by atoms with van der Waals surface area (Å²) in [5, 5.41) is 2.50. The van der Waals surface area contributed by atoms with Gasteiger partial charge in [0.1, 0.15) is 17.2 Å². The highest BCUT2D eigenvalue weighted by Gasteiger charge is 2.32. The first-order valence-electron chi connectivity index (χ1n) is 7.38. The van der Waals surface area contributed by atoms with Gasteiger partial charge in [0.15, 0.2) is 5.11 Å². The Morgan fingerprint density at radius 3 is 2.64 bits per heavy atom. The number of hydrogen-bond donors (Lipinski definition) is 1. The second-order valence-electron chi connectivity index (χ2n) is 5.23. The maximum atomic E-state index is 13.0. The molecule has 1 aliphatic rings. The molecule has 126 valence electrons. The lowest BCUT2D eigenvalue weighted by atomic mass is 10.1. The highest BCUT2D eigenvalue weighted by atomic mass is 32.1. The van der Waals surface area contributed by atoms with E-state index in [4.69, 9.17) is 16.6 Å². The van der Waals surface area contributed by atoms with Crippen LogP contribution in [-0.4, -0.2) is 21.8 Å². The second-order valence-corrected chi connectivity index (χ2v) is 5.62. The molecule has 0 saturated carbocycles. The summed E-state index contributed by atoms with van der Waals surface area (Å²) < 4.78 is 18.1. The minimum absolute atomic E-state index is 0.0199. The largest absolute Gasteiger partial charge is 0.465 e. The van der Waals surface area contributed by atoms with E-state index < -0.39 is 11.8 Å². The lowest BCUT2D eigenvalue weighted by Crippen LogP contribution is -2.53. The fourth-order valence-corrected chi connectivity index (χ4v) is 2.50. The molecular formula is C18H13FN2O3S. The molecule has 0 spiro atoms. The predicted molar refractivity (Wildman–Crippen MR) is 93.5 cm³/mol. The first kappa shape index (κ1) is 16.8. The van der Waals surface area contributed by atoms with Crippen molar-refractivity contribution in [2.45, 2.75) is 6.54 Å². The van der Waals surface area contributed by atoms with E-state index in [0.717, 1.165) is 0 Å². The average Bonchev–Trinajstić information content (AvgIpc) is 3.09. The molecular weight excluding hydrogens is 343 g/mol. The molecule has 1 saturated heterocycles. The molecule has 25 heavy (non-hydrogen) atoms. The van der Waals surface area contributed by atoms with E-state index in [-0.39, 0.29) is 23.0 Å². The standard InChI is InChI=1S/C18H13FN2O3S/c19-13-8-6-12(7-9-13)11-21-17(23)15(16(22)20-18(21)25)5-1-3-14-4-2-10-24-14/h1-10H,11H2,(H,20,22,25). The zero-order valence-corrected chi connectivity index (χ0v) is 13.8. The molecule has 2 amide bonds. The number of hydrogen-bond acceptors (Lipinski definition) is 4. The minimum Gasteiger partial charge on any atom is -0.465 e. The molecule has 1 aromatic heterocycles. The Kier molecular flexibility index (Phi) is 4.85. The van der Waals surface area contributed by atoms with Gasteiger partial charge in [-0.05, 0) is 54.2 Å². The van der Waals surface area contributed by atoms with Crippen LogP contribution in [0.4, 0.5) is 4.39 Å². The van der Waals surface area contributed by atoms with Crippen LogP contribution in [0.3, 0.4) is 0 Å². The highest BCUT2D eigenvalue weighted by Crippen LogP contribution is 2.15. The molecule has 0 bridgehead atoms. The Bertz CT molecular complexity index is 870. The van der Waals surface area contributed by atoms with Crippen molar-refractivity contribution in [1.29, 1.82) is 0 Å². The highest BCUT2D eigenvalue weighted by molar-refractivity contribution is 7.80. The number of furan rings is 1. The van der Waals surface area contributed by atoms with Gasteiger partial charge in [0.2, 0.25) is 0 Å². The summed E-state index contributed by atoms with van der Waals surface area (Å²) >= 11 is 5.08. The van der Waals surface area contributed by atoms with Crippen LogP contribution in [0.5, 0.6) is 0 Å². The summed E-state index contributed by atoms with van der Waals surface area (Å²) in [6.45, 7) is 0.136. The van der Waals surface area contributed by atoms with E-state index in [1.54, 1.807) is 36.4 Å². The molecule has 7 heteroatoms. The van der Waals surface area contributed by atoms with Gasteiger partial charge in [-0.25, -0.2) is 4.39 Å². The Hall–Kier alpha value is -3.06. The van der Waals surface area contributed by atoms with Crippen molar-refractivity contribution in [3.05, 3.63) is 77.5 Å². The van der Waals surface area contributed by atoms with Crippen LogP contribution in [0.25, 0.3) is 6.08 Å². The van der Waals surface area contributed by atoms with E-state index in [9.17, 15) is 14.0 Å². The first-order valence-corrected chi connectivity index (χ1v) is 7.79. The summed E-state index contributed by atoms with van der Waals surface area (Å²) in [5.41, 5.74) is 0.650. The fraction of sp³-hybridized carbons (Fsp3) is 0.0556. The van der Waals surface area contributed by atoms with Gasteiger partial charge < -0.3 is 4.42 Å². The maximum absolute atomic E-state index is 13.0. The number of rotatable bonds is 4. The second kappa shape index (κ2) is 7.23. The van der Waals surface area contributed by atoms with Crippen molar-refractivity contribution in [2.75, 3.05) is 0 Å². The van der Waals surface area contributed by atoms with Gasteiger partial charge in [0, 0.05) is 0 Å². The lowest BCUT2D eigenvalue weighted by molar-refractivity contribution is -0.129. The predicted octanol–water partition coefficient (Wildman–Crippen LogP) is 2.80. The quantitative estimate of drug-likeness (QED) is 0.520. The van der Waals surface area contributed by atoms with Crippen molar-refractivity contribution in [2.24, 2.45) is 0 Å². The van der Waals surface area contributed by atoms with Crippen molar-refractivity contribution >= 4 is 35.2 Å². The maximum Gasteiger partial charge on any atom is 0.265 e. The van der Waals surface area contributed by atoms with Crippen LogP contribution in [0, 0.1) is 5.82 Å². The number of amides is 2. The first-order chi connectivity index (χ1) is 12.0. The lowest BCUT2D eigenvalue weighted by Gasteiger charge is -2.28. The molecule has 1 fully saturated rings. The van der Waals surface area contributed by atoms with Gasteiger partial charge in [0.25, 0.3) is 11.8 Å². The summed E-state index contributed by atoms with van der Waals surface area (Å²) in [6.07, 6.45) is 6.11. The molecule has 1 aliphatic heterocycles. The minimum atomic E-state index is -0.561. The molecule has 1 N–H and O–H groups in total. The summed E-state index contributed by atoms with van der Waals surface area (Å²) in [6, 6.07) is 9.19. The number of nitrogens with zero attached hydrogens (tertiary/aromatic N) is 1. The summed E-state index contributed by atoms with van der Waals surface area (Å²) in [7, 11) is 0. The van der Waals surface area contributed by atoms with Gasteiger partial charge in [-0.1, -0.05) is 18.2 Å². The number of allylic oxidation sites excluding steroid dienone is 2. The van der Waals surface area contributed by atoms with Crippen LogP contribution in [0.15, 0.2) is 64.8 Å². The van der Waals surface area contributed by atoms with Gasteiger partial charge >= 0.3 is 0 Å². The van der Waals surface area contributed by atoms with E-state index >= 15 is 0 Å². The fourth-order valence-electron chi connectivity index (χ4n) is 2.25. The Labute approximate surface area is 148 Å². The van der Waals surface area contributed by atoms with E-state index in [1.165, 1.54) is 29.4 Å². The van der Waals surface area contributed by atoms with Crippen molar-refractivity contribution in [3.8, 4) is 0 Å². The van der Waals surface area contributed by atoms with E-state index in [1.807, 2.05) is 0 Å². The summed E-state index contributed by atoms with van der Waals surface area (Å²) in [4.78, 5) is 25.9. The van der Waals surface area contributed by atoms with Gasteiger partial charge in [0.05, 0.1) is 12.8 Å². The number of thiocarbonyl (C=S) groups is 1. The molecule has 0 aliphatic carbocycles. The molecule has 2 heterocycles. The third kappa shape index (κ3) is 3.89. The van der Waals surface area contributed by atoms with Gasteiger partial charge in [-0.2, -0.15) is 0 Å². The Morgan fingerprint density at radius 2 is 1.96 bits per heavy atom. The van der Waals surface area contributed by atoms with Crippen LogP contribution >= 0.6 is 12.2 Å². The smallest absolute Gasteiger partial charge is 0.265 e. The molecule has 5 nitrogen and oxygen atoms in total. The van der Waals surface area contributed by atoms with Gasteiger partial charge in [-0.15, -0.1) is 0 Å². The van der Waals surface area contributed by atoms with Crippen LogP contribution in [0.1, 0.15) is 11.3 Å².